The second kappa shape index (κ2) is 6.88. The van der Waals surface area contributed by atoms with Crippen molar-refractivity contribution in [1.82, 2.24) is 9.80 Å². The van der Waals surface area contributed by atoms with Gasteiger partial charge in [-0.15, -0.1) is 0 Å². The number of likely N-dealkylation sites (tertiary alicyclic amines) is 1. The van der Waals surface area contributed by atoms with Crippen molar-refractivity contribution < 1.29 is 0 Å². The molecule has 2 aromatic rings. The number of benzene rings is 2. The van der Waals surface area contributed by atoms with E-state index in [1.165, 1.54) is 30.6 Å². The van der Waals surface area contributed by atoms with Crippen molar-refractivity contribution in [2.75, 3.05) is 20.1 Å². The Hall–Kier alpha value is -1.64. The molecule has 0 bridgehead atoms. The molecule has 1 atom stereocenters. The molecule has 1 aliphatic rings. The van der Waals surface area contributed by atoms with Gasteiger partial charge in [-0.2, -0.15) is 0 Å². The van der Waals surface area contributed by atoms with Crippen LogP contribution in [0.2, 0.25) is 0 Å². The summed E-state index contributed by atoms with van der Waals surface area (Å²) in [6.45, 7) is 4.47. The lowest BCUT2D eigenvalue weighted by Crippen LogP contribution is -2.36. The van der Waals surface area contributed by atoms with Gasteiger partial charge in [-0.05, 0) is 31.1 Å². The lowest BCUT2D eigenvalue weighted by atomic mass is 10.1. The molecule has 0 spiro atoms. The van der Waals surface area contributed by atoms with E-state index in [9.17, 15) is 0 Å². The van der Waals surface area contributed by atoms with Crippen molar-refractivity contribution in [3.8, 4) is 0 Å². The molecule has 0 N–H and O–H groups in total. The molecular weight excluding hydrogens is 256 g/mol. The van der Waals surface area contributed by atoms with Gasteiger partial charge in [0.1, 0.15) is 0 Å². The van der Waals surface area contributed by atoms with Crippen LogP contribution in [0.5, 0.6) is 0 Å². The number of rotatable bonds is 5. The van der Waals surface area contributed by atoms with Crippen LogP contribution in [0.4, 0.5) is 0 Å². The lowest BCUT2D eigenvalue weighted by molar-refractivity contribution is 0.180. The van der Waals surface area contributed by atoms with Gasteiger partial charge < -0.3 is 4.90 Å². The number of likely N-dealkylation sites (N-methyl/N-ethyl adjacent to an activating group) is 1. The minimum atomic E-state index is 0.662. The van der Waals surface area contributed by atoms with E-state index in [1.54, 1.807) is 0 Å². The molecule has 110 valence electrons. The highest BCUT2D eigenvalue weighted by Gasteiger charge is 2.25. The van der Waals surface area contributed by atoms with E-state index in [4.69, 9.17) is 0 Å². The molecule has 21 heavy (non-hydrogen) atoms. The van der Waals surface area contributed by atoms with Crippen molar-refractivity contribution >= 4 is 0 Å². The molecule has 2 heteroatoms. The summed E-state index contributed by atoms with van der Waals surface area (Å²) in [6.07, 6.45) is 1.27. The molecule has 0 aliphatic carbocycles. The Labute approximate surface area is 128 Å². The first-order valence-corrected chi connectivity index (χ1v) is 7.82. The van der Waals surface area contributed by atoms with Crippen LogP contribution in [-0.4, -0.2) is 36.0 Å². The van der Waals surface area contributed by atoms with Crippen molar-refractivity contribution in [3.05, 3.63) is 71.8 Å². The van der Waals surface area contributed by atoms with Crippen LogP contribution >= 0.6 is 0 Å². The van der Waals surface area contributed by atoms with E-state index in [0.717, 1.165) is 13.1 Å². The van der Waals surface area contributed by atoms with E-state index in [0.29, 0.717) is 6.04 Å². The molecule has 0 radical (unpaired) electrons. The van der Waals surface area contributed by atoms with Gasteiger partial charge in [0.2, 0.25) is 0 Å². The van der Waals surface area contributed by atoms with Crippen LogP contribution in [-0.2, 0) is 13.1 Å². The van der Waals surface area contributed by atoms with Gasteiger partial charge in [-0.25, -0.2) is 0 Å². The fourth-order valence-electron chi connectivity index (χ4n) is 3.16. The summed E-state index contributed by atoms with van der Waals surface area (Å²) < 4.78 is 0. The Kier molecular flexibility index (Phi) is 4.69. The largest absolute Gasteiger partial charge is 0.305 e. The average Bonchev–Trinajstić information content (AvgIpc) is 2.95. The van der Waals surface area contributed by atoms with Gasteiger partial charge in [-0.3, -0.25) is 4.90 Å². The van der Waals surface area contributed by atoms with Crippen LogP contribution in [0, 0.1) is 0 Å². The Bertz CT molecular complexity index is 497. The predicted octanol–water partition coefficient (Wildman–Crippen LogP) is 3.39. The molecule has 1 unspecified atom stereocenters. The highest BCUT2D eigenvalue weighted by Crippen LogP contribution is 2.19. The Morgan fingerprint density at radius 1 is 0.905 bits per heavy atom. The fourth-order valence-corrected chi connectivity index (χ4v) is 3.16. The third-order valence-electron chi connectivity index (χ3n) is 4.34. The Morgan fingerprint density at radius 3 is 1.86 bits per heavy atom. The maximum absolute atomic E-state index is 2.63. The molecule has 1 fully saturated rings. The second-order valence-corrected chi connectivity index (χ2v) is 6.08. The Morgan fingerprint density at radius 2 is 1.43 bits per heavy atom. The minimum absolute atomic E-state index is 0.662. The second-order valence-electron chi connectivity index (χ2n) is 6.08. The molecule has 2 nitrogen and oxygen atoms in total. The van der Waals surface area contributed by atoms with Gasteiger partial charge in [0.25, 0.3) is 0 Å². The summed E-state index contributed by atoms with van der Waals surface area (Å²) in [7, 11) is 2.23. The highest BCUT2D eigenvalue weighted by atomic mass is 15.2. The first kappa shape index (κ1) is 14.3. The van der Waals surface area contributed by atoms with Crippen molar-refractivity contribution in [2.24, 2.45) is 0 Å². The van der Waals surface area contributed by atoms with Crippen LogP contribution < -0.4 is 0 Å². The van der Waals surface area contributed by atoms with Gasteiger partial charge >= 0.3 is 0 Å². The van der Waals surface area contributed by atoms with Crippen LogP contribution in [0.3, 0.4) is 0 Å². The van der Waals surface area contributed by atoms with Gasteiger partial charge in [-0.1, -0.05) is 60.7 Å². The van der Waals surface area contributed by atoms with Crippen LogP contribution in [0.25, 0.3) is 0 Å². The molecule has 3 rings (SSSR count). The van der Waals surface area contributed by atoms with E-state index < -0.39 is 0 Å². The summed E-state index contributed by atoms with van der Waals surface area (Å²) in [4.78, 5) is 5.07. The monoisotopic (exact) mass is 280 g/mol. The number of hydrogen-bond donors (Lipinski definition) is 0. The molecular formula is C19H24N2. The Balaban J connectivity index is 1.74. The normalized spacial score (nSPS) is 19.2. The summed E-state index contributed by atoms with van der Waals surface area (Å²) >= 11 is 0. The zero-order chi connectivity index (χ0) is 14.5. The van der Waals surface area contributed by atoms with Gasteiger partial charge in [0.05, 0.1) is 0 Å². The van der Waals surface area contributed by atoms with Crippen molar-refractivity contribution in [3.63, 3.8) is 0 Å². The molecule has 2 aromatic carbocycles. The van der Waals surface area contributed by atoms with E-state index in [2.05, 4.69) is 77.5 Å². The minimum Gasteiger partial charge on any atom is -0.305 e. The predicted molar refractivity (Wildman–Crippen MR) is 88.0 cm³/mol. The maximum atomic E-state index is 2.63. The molecule has 1 heterocycles. The zero-order valence-electron chi connectivity index (χ0n) is 12.8. The van der Waals surface area contributed by atoms with Gasteiger partial charge in [0, 0.05) is 25.7 Å². The molecule has 0 amide bonds. The first-order valence-electron chi connectivity index (χ1n) is 7.82. The average molecular weight is 280 g/mol. The topological polar surface area (TPSA) is 6.48 Å². The van der Waals surface area contributed by atoms with Crippen LogP contribution in [0.15, 0.2) is 60.7 Å². The number of nitrogens with zero attached hydrogens (tertiary/aromatic N) is 2. The lowest BCUT2D eigenvalue weighted by Gasteiger charge is -2.29. The van der Waals surface area contributed by atoms with E-state index in [1.807, 2.05) is 0 Å². The molecule has 0 aromatic heterocycles. The van der Waals surface area contributed by atoms with E-state index >= 15 is 0 Å². The van der Waals surface area contributed by atoms with Crippen LogP contribution in [0.1, 0.15) is 17.5 Å². The third-order valence-corrected chi connectivity index (χ3v) is 4.34. The van der Waals surface area contributed by atoms with Crippen molar-refractivity contribution in [1.29, 1.82) is 0 Å². The third kappa shape index (κ3) is 3.93. The zero-order valence-corrected chi connectivity index (χ0v) is 12.8. The molecule has 1 saturated heterocycles. The quantitative estimate of drug-likeness (QED) is 0.828. The van der Waals surface area contributed by atoms with Crippen molar-refractivity contribution in [2.45, 2.75) is 25.6 Å². The summed E-state index contributed by atoms with van der Waals surface area (Å²) in [5.74, 6) is 0. The maximum Gasteiger partial charge on any atom is 0.0242 e. The highest BCUT2D eigenvalue weighted by molar-refractivity contribution is 5.17. The number of hydrogen-bond acceptors (Lipinski definition) is 2. The molecule has 0 saturated carbocycles. The van der Waals surface area contributed by atoms with Gasteiger partial charge in [0.15, 0.2) is 0 Å². The fraction of sp³-hybridized carbons (Fsp3) is 0.368. The summed E-state index contributed by atoms with van der Waals surface area (Å²) in [5.41, 5.74) is 2.81. The first-order chi connectivity index (χ1) is 10.3. The van der Waals surface area contributed by atoms with E-state index in [-0.39, 0.29) is 0 Å². The smallest absolute Gasteiger partial charge is 0.0242 e. The standard InChI is InChI=1S/C19H24N2/c1-20-13-12-19(16-20)21(14-17-8-4-2-5-9-17)15-18-10-6-3-7-11-18/h2-11,19H,12-16H2,1H3. The molecule has 1 aliphatic heterocycles. The summed E-state index contributed by atoms with van der Waals surface area (Å²) in [5, 5.41) is 0. The summed E-state index contributed by atoms with van der Waals surface area (Å²) in [6, 6.07) is 22.3. The SMILES string of the molecule is CN1CCC(N(Cc2ccccc2)Cc2ccccc2)C1.